The first-order chi connectivity index (χ1) is 17.6. The highest BCUT2D eigenvalue weighted by Gasteiger charge is 2.28. The molecule has 1 aromatic heterocycles. The number of nitrogens with zero attached hydrogens (tertiary/aromatic N) is 2. The molecule has 4 aromatic rings. The molecule has 1 saturated heterocycles. The fourth-order valence-electron chi connectivity index (χ4n) is 4.36. The maximum absolute atomic E-state index is 13.3. The topological polar surface area (TPSA) is 100 Å². The molecule has 8 heteroatoms. The van der Waals surface area contributed by atoms with Crippen molar-refractivity contribution in [1.29, 1.82) is 0 Å². The van der Waals surface area contributed by atoms with Crippen molar-refractivity contribution < 1.29 is 9.59 Å². The van der Waals surface area contributed by atoms with Gasteiger partial charge in [-0.25, -0.2) is 9.48 Å². The number of amides is 3. The molecule has 1 fully saturated rings. The van der Waals surface area contributed by atoms with E-state index in [1.165, 1.54) is 0 Å². The standard InChI is InChI=1S/C28H28N6O2/c1-19-17-25(35)31-27(29-19)34-24(18-23(33-34)20-11-5-2-6-12-20)30-28(36)32-26(21-13-7-3-8-14-21)22-15-9-4-10-16-22/h2-16,18-19,26-27,29H,17H2,1H3,(H,31,35)(H2,30,32,36). The Kier molecular flexibility index (Phi) is 6.77. The van der Waals surface area contributed by atoms with E-state index in [4.69, 9.17) is 5.10 Å². The molecule has 1 aliphatic rings. The molecule has 1 aliphatic heterocycles. The first-order valence-electron chi connectivity index (χ1n) is 11.9. The number of benzene rings is 3. The molecule has 2 unspecified atom stereocenters. The van der Waals surface area contributed by atoms with Crippen molar-refractivity contribution in [1.82, 2.24) is 25.7 Å². The van der Waals surface area contributed by atoms with Crippen LogP contribution in [-0.4, -0.2) is 27.8 Å². The zero-order valence-electron chi connectivity index (χ0n) is 19.9. The predicted molar refractivity (Wildman–Crippen MR) is 139 cm³/mol. The molecule has 0 saturated carbocycles. The molecule has 0 spiro atoms. The Morgan fingerprint density at radius 2 is 1.53 bits per heavy atom. The lowest BCUT2D eigenvalue weighted by atomic mass is 9.99. The van der Waals surface area contributed by atoms with Gasteiger partial charge in [0.1, 0.15) is 5.82 Å². The summed E-state index contributed by atoms with van der Waals surface area (Å²) in [5, 5.41) is 17.0. The van der Waals surface area contributed by atoms with E-state index in [1.807, 2.05) is 104 Å². The molecule has 36 heavy (non-hydrogen) atoms. The third-order valence-electron chi connectivity index (χ3n) is 6.06. The maximum Gasteiger partial charge on any atom is 0.321 e. The molecule has 8 nitrogen and oxygen atoms in total. The highest BCUT2D eigenvalue weighted by atomic mass is 16.2. The molecule has 2 atom stereocenters. The number of urea groups is 1. The van der Waals surface area contributed by atoms with Crippen molar-refractivity contribution in [2.45, 2.75) is 31.7 Å². The van der Waals surface area contributed by atoms with Crippen LogP contribution in [0.1, 0.15) is 36.8 Å². The Morgan fingerprint density at radius 1 is 0.944 bits per heavy atom. The highest BCUT2D eigenvalue weighted by molar-refractivity contribution is 5.89. The summed E-state index contributed by atoms with van der Waals surface area (Å²) < 4.78 is 1.61. The molecule has 5 rings (SSSR count). The van der Waals surface area contributed by atoms with Gasteiger partial charge in [-0.3, -0.25) is 15.4 Å². The van der Waals surface area contributed by atoms with Gasteiger partial charge in [0, 0.05) is 24.1 Å². The van der Waals surface area contributed by atoms with E-state index in [1.54, 1.807) is 4.68 Å². The van der Waals surface area contributed by atoms with E-state index in [0.717, 1.165) is 16.7 Å². The lowest BCUT2D eigenvalue weighted by Crippen LogP contribution is -2.52. The fourth-order valence-corrected chi connectivity index (χ4v) is 4.36. The van der Waals surface area contributed by atoms with Crippen LogP contribution in [0.25, 0.3) is 11.3 Å². The lowest BCUT2D eigenvalue weighted by Gasteiger charge is -2.30. The van der Waals surface area contributed by atoms with Crippen LogP contribution in [0.3, 0.4) is 0 Å². The molecule has 0 bridgehead atoms. The first kappa shape index (κ1) is 23.3. The van der Waals surface area contributed by atoms with Crippen LogP contribution in [0.2, 0.25) is 0 Å². The van der Waals surface area contributed by atoms with Crippen LogP contribution < -0.4 is 21.3 Å². The van der Waals surface area contributed by atoms with Crippen molar-refractivity contribution in [2.24, 2.45) is 0 Å². The average molecular weight is 481 g/mol. The normalized spacial score (nSPS) is 17.4. The summed E-state index contributed by atoms with van der Waals surface area (Å²) in [6, 6.07) is 30.4. The van der Waals surface area contributed by atoms with E-state index in [-0.39, 0.29) is 24.0 Å². The summed E-state index contributed by atoms with van der Waals surface area (Å²) in [7, 11) is 0. The molecule has 4 N–H and O–H groups in total. The summed E-state index contributed by atoms with van der Waals surface area (Å²) in [4.78, 5) is 25.5. The number of hydrogen-bond acceptors (Lipinski definition) is 4. The van der Waals surface area contributed by atoms with Crippen molar-refractivity contribution >= 4 is 17.8 Å². The number of carbonyl (C=O) groups is 2. The van der Waals surface area contributed by atoms with Crippen LogP contribution in [-0.2, 0) is 4.79 Å². The molecule has 3 aromatic carbocycles. The minimum absolute atomic E-state index is 0.0321. The Bertz CT molecular complexity index is 1280. The van der Waals surface area contributed by atoms with Gasteiger partial charge in [-0.05, 0) is 18.1 Å². The van der Waals surface area contributed by atoms with Gasteiger partial charge >= 0.3 is 6.03 Å². The number of nitrogens with one attached hydrogen (secondary N) is 4. The van der Waals surface area contributed by atoms with Gasteiger partial charge in [0.15, 0.2) is 6.29 Å². The molecule has 3 amide bonds. The molecule has 0 radical (unpaired) electrons. The fraction of sp³-hybridized carbons (Fsp3) is 0.179. The summed E-state index contributed by atoms with van der Waals surface area (Å²) in [5.74, 6) is 0.379. The number of rotatable bonds is 6. The summed E-state index contributed by atoms with van der Waals surface area (Å²) in [6.07, 6.45) is -0.212. The average Bonchev–Trinajstić information content (AvgIpc) is 3.32. The highest BCUT2D eigenvalue weighted by Crippen LogP contribution is 2.26. The van der Waals surface area contributed by atoms with Gasteiger partial charge in [0.05, 0.1) is 11.7 Å². The van der Waals surface area contributed by atoms with Crippen molar-refractivity contribution in [2.75, 3.05) is 5.32 Å². The van der Waals surface area contributed by atoms with Crippen LogP contribution in [0, 0.1) is 0 Å². The summed E-state index contributed by atoms with van der Waals surface area (Å²) >= 11 is 0. The number of hydrogen-bond donors (Lipinski definition) is 4. The third kappa shape index (κ3) is 5.29. The lowest BCUT2D eigenvalue weighted by molar-refractivity contribution is -0.125. The van der Waals surface area contributed by atoms with Gasteiger partial charge in [-0.1, -0.05) is 91.0 Å². The van der Waals surface area contributed by atoms with Crippen molar-refractivity contribution in [3.8, 4) is 11.3 Å². The van der Waals surface area contributed by atoms with Gasteiger partial charge in [0.25, 0.3) is 0 Å². The van der Waals surface area contributed by atoms with Gasteiger partial charge in [0.2, 0.25) is 5.91 Å². The number of carbonyl (C=O) groups excluding carboxylic acids is 2. The zero-order chi connectivity index (χ0) is 24.9. The number of anilines is 1. The molecule has 2 heterocycles. The van der Waals surface area contributed by atoms with Crippen LogP contribution in [0.4, 0.5) is 10.6 Å². The molecule has 182 valence electrons. The van der Waals surface area contributed by atoms with Gasteiger partial charge in [-0.2, -0.15) is 5.10 Å². The Hall–Kier alpha value is -4.43. The smallest absolute Gasteiger partial charge is 0.321 e. The van der Waals surface area contributed by atoms with Crippen LogP contribution >= 0.6 is 0 Å². The summed E-state index contributed by atoms with van der Waals surface area (Å²) in [5.41, 5.74) is 3.52. The monoisotopic (exact) mass is 480 g/mol. The molecular weight excluding hydrogens is 452 g/mol. The van der Waals surface area contributed by atoms with E-state index in [2.05, 4.69) is 21.3 Å². The SMILES string of the molecule is CC1CC(=O)NC(n2nc(-c3ccccc3)cc2NC(=O)NC(c2ccccc2)c2ccccc2)N1. The maximum atomic E-state index is 13.3. The largest absolute Gasteiger partial charge is 0.327 e. The van der Waals surface area contributed by atoms with Gasteiger partial charge in [-0.15, -0.1) is 0 Å². The molecule has 0 aliphatic carbocycles. The van der Waals surface area contributed by atoms with Crippen molar-refractivity contribution in [3.63, 3.8) is 0 Å². The Morgan fingerprint density at radius 3 is 2.11 bits per heavy atom. The van der Waals surface area contributed by atoms with E-state index in [0.29, 0.717) is 17.9 Å². The minimum Gasteiger partial charge on any atom is -0.327 e. The zero-order valence-corrected chi connectivity index (χ0v) is 19.9. The number of aromatic nitrogens is 2. The summed E-state index contributed by atoms with van der Waals surface area (Å²) in [6.45, 7) is 1.94. The van der Waals surface area contributed by atoms with Crippen molar-refractivity contribution in [3.05, 3.63) is 108 Å². The van der Waals surface area contributed by atoms with E-state index < -0.39 is 6.29 Å². The third-order valence-corrected chi connectivity index (χ3v) is 6.06. The van der Waals surface area contributed by atoms with E-state index in [9.17, 15) is 9.59 Å². The Labute approximate surface area is 209 Å². The second kappa shape index (κ2) is 10.5. The Balaban J connectivity index is 1.44. The van der Waals surface area contributed by atoms with Crippen LogP contribution in [0.15, 0.2) is 97.1 Å². The second-order valence-corrected chi connectivity index (χ2v) is 8.82. The quantitative estimate of drug-likeness (QED) is 0.328. The second-order valence-electron chi connectivity index (χ2n) is 8.82. The first-order valence-corrected chi connectivity index (χ1v) is 11.9. The molecular formula is C28H28N6O2. The van der Waals surface area contributed by atoms with Gasteiger partial charge < -0.3 is 10.6 Å². The van der Waals surface area contributed by atoms with E-state index >= 15 is 0 Å². The van der Waals surface area contributed by atoms with Crippen LogP contribution in [0.5, 0.6) is 0 Å². The minimum atomic E-state index is -0.590. The predicted octanol–water partition coefficient (Wildman–Crippen LogP) is 4.42.